The van der Waals surface area contributed by atoms with Crippen molar-refractivity contribution in [2.45, 2.75) is 12.5 Å². The number of nitrogens with zero attached hydrogens (tertiary/aromatic N) is 6. The Balaban J connectivity index is 1.28. The quantitative estimate of drug-likeness (QED) is 0.254. The summed E-state index contributed by atoms with van der Waals surface area (Å²) >= 11 is 0. The highest BCUT2D eigenvalue weighted by Gasteiger charge is 2.29. The van der Waals surface area contributed by atoms with E-state index in [2.05, 4.69) is 27.7 Å². The summed E-state index contributed by atoms with van der Waals surface area (Å²) in [4.78, 5) is 11.8. The fraction of sp³-hybridized carbons (Fsp3) is 0.143. The summed E-state index contributed by atoms with van der Waals surface area (Å²) in [6.07, 6.45) is 6.67. The van der Waals surface area contributed by atoms with Gasteiger partial charge < -0.3 is 20.5 Å². The number of anilines is 5. The van der Waals surface area contributed by atoms with Crippen LogP contribution in [0.2, 0.25) is 0 Å². The van der Waals surface area contributed by atoms with Crippen LogP contribution in [-0.2, 0) is 6.42 Å². The van der Waals surface area contributed by atoms with Crippen LogP contribution in [0.1, 0.15) is 5.56 Å². The van der Waals surface area contributed by atoms with Gasteiger partial charge in [0, 0.05) is 31.4 Å². The fourth-order valence-corrected chi connectivity index (χ4v) is 4.27. The van der Waals surface area contributed by atoms with Crippen molar-refractivity contribution in [3.8, 4) is 29.6 Å². The maximum atomic E-state index is 9.65. The second kappa shape index (κ2) is 10.6. The van der Waals surface area contributed by atoms with E-state index >= 15 is 0 Å². The molecule has 0 spiro atoms. The number of nitrogens with one attached hydrogen (secondary N) is 1. The topological polar surface area (TPSA) is 136 Å². The van der Waals surface area contributed by atoms with E-state index in [1.807, 2.05) is 36.4 Å². The average molecular weight is 505 g/mol. The van der Waals surface area contributed by atoms with Crippen LogP contribution in [0.5, 0.6) is 17.2 Å². The zero-order valence-corrected chi connectivity index (χ0v) is 20.6. The smallest absolute Gasteiger partial charge is 0.184 e. The normalized spacial score (nSPS) is 13.7. The predicted octanol–water partition coefficient (Wildman–Crippen LogP) is 4.80. The molecule has 1 aliphatic heterocycles. The van der Waals surface area contributed by atoms with Gasteiger partial charge in [0.2, 0.25) is 0 Å². The first kappa shape index (κ1) is 24.2. The molecule has 3 heterocycles. The molecule has 10 nitrogen and oxygen atoms in total. The van der Waals surface area contributed by atoms with Gasteiger partial charge in [-0.3, -0.25) is 9.80 Å². The first-order valence-electron chi connectivity index (χ1n) is 11.8. The summed E-state index contributed by atoms with van der Waals surface area (Å²) in [5.41, 5.74) is 8.71. The van der Waals surface area contributed by atoms with Crippen LogP contribution in [0.4, 0.5) is 28.8 Å². The van der Waals surface area contributed by atoms with Crippen molar-refractivity contribution >= 4 is 28.8 Å². The summed E-state index contributed by atoms with van der Waals surface area (Å²) in [5.74, 6) is 2.79. The van der Waals surface area contributed by atoms with Crippen molar-refractivity contribution in [2.24, 2.45) is 0 Å². The third kappa shape index (κ3) is 5.20. The van der Waals surface area contributed by atoms with E-state index < -0.39 is 0 Å². The van der Waals surface area contributed by atoms with Crippen LogP contribution in [0.25, 0.3) is 0 Å². The van der Waals surface area contributed by atoms with Crippen molar-refractivity contribution < 1.29 is 9.47 Å². The molecule has 188 valence electrons. The monoisotopic (exact) mass is 504 g/mol. The van der Waals surface area contributed by atoms with Crippen molar-refractivity contribution in [1.82, 2.24) is 9.97 Å². The van der Waals surface area contributed by atoms with Crippen molar-refractivity contribution in [2.75, 3.05) is 34.5 Å². The largest absolute Gasteiger partial charge is 0.491 e. The van der Waals surface area contributed by atoms with Crippen LogP contribution in [0.3, 0.4) is 0 Å². The molecule has 1 aliphatic rings. The lowest BCUT2D eigenvalue weighted by Crippen LogP contribution is -2.33. The number of benzene rings is 2. The van der Waals surface area contributed by atoms with E-state index in [-0.39, 0.29) is 11.9 Å². The van der Waals surface area contributed by atoms with E-state index in [4.69, 9.17) is 15.2 Å². The van der Waals surface area contributed by atoms with Gasteiger partial charge in [0.15, 0.2) is 18.1 Å². The number of para-hydroxylation sites is 3. The van der Waals surface area contributed by atoms with Crippen molar-refractivity contribution in [3.05, 3.63) is 84.6 Å². The van der Waals surface area contributed by atoms with E-state index in [1.54, 1.807) is 54.5 Å². The van der Waals surface area contributed by atoms with Gasteiger partial charge in [-0.25, -0.2) is 9.97 Å². The van der Waals surface area contributed by atoms with Crippen LogP contribution in [-0.4, -0.2) is 29.7 Å². The molecule has 10 heteroatoms. The summed E-state index contributed by atoms with van der Waals surface area (Å²) in [5, 5.41) is 22.0. The SMILES string of the molecule is CN(C#N)c1ccccc1Oc1ccnc(Nc2cc(OCC3Cc4ccccc4N3C#N)cc(N)n2)c1. The number of ether oxygens (including phenoxy) is 2. The van der Waals surface area contributed by atoms with Gasteiger partial charge in [0.25, 0.3) is 0 Å². The molecule has 0 radical (unpaired) electrons. The molecule has 0 bridgehead atoms. The molecule has 1 unspecified atom stereocenters. The molecular formula is C28H24N8O2. The third-order valence-corrected chi connectivity index (χ3v) is 6.03. The molecule has 0 saturated heterocycles. The first-order valence-corrected chi connectivity index (χ1v) is 11.8. The molecule has 0 aliphatic carbocycles. The minimum Gasteiger partial charge on any atom is -0.491 e. The molecule has 1 atom stereocenters. The number of hydrogen-bond acceptors (Lipinski definition) is 10. The highest BCUT2D eigenvalue weighted by atomic mass is 16.5. The van der Waals surface area contributed by atoms with Crippen molar-refractivity contribution in [3.63, 3.8) is 0 Å². The van der Waals surface area contributed by atoms with E-state index in [1.165, 1.54) is 4.90 Å². The Kier molecular flexibility index (Phi) is 6.79. The maximum Gasteiger partial charge on any atom is 0.184 e. The van der Waals surface area contributed by atoms with Gasteiger partial charge in [-0.2, -0.15) is 10.5 Å². The molecule has 2 aromatic carbocycles. The van der Waals surface area contributed by atoms with E-state index in [0.717, 1.165) is 17.7 Å². The molecule has 2 aromatic heterocycles. The second-order valence-electron chi connectivity index (χ2n) is 8.61. The van der Waals surface area contributed by atoms with Gasteiger partial charge in [0.1, 0.15) is 35.6 Å². The number of fused-ring (bicyclic) bond motifs is 1. The van der Waals surface area contributed by atoms with Crippen LogP contribution >= 0.6 is 0 Å². The Labute approximate surface area is 220 Å². The lowest BCUT2D eigenvalue weighted by molar-refractivity contribution is 0.291. The molecule has 0 fully saturated rings. The molecule has 0 saturated carbocycles. The lowest BCUT2D eigenvalue weighted by atomic mass is 10.1. The number of nitriles is 2. The number of pyridine rings is 2. The number of rotatable bonds is 8. The van der Waals surface area contributed by atoms with Gasteiger partial charge >= 0.3 is 0 Å². The van der Waals surface area contributed by atoms with Gasteiger partial charge in [-0.15, -0.1) is 0 Å². The zero-order valence-electron chi connectivity index (χ0n) is 20.6. The Morgan fingerprint density at radius 2 is 1.84 bits per heavy atom. The molecular weight excluding hydrogens is 480 g/mol. The van der Waals surface area contributed by atoms with Gasteiger partial charge in [-0.05, 0) is 36.2 Å². The Bertz CT molecular complexity index is 1540. The van der Waals surface area contributed by atoms with Gasteiger partial charge in [0.05, 0.1) is 17.4 Å². The number of nitrogen functional groups attached to an aromatic ring is 1. The first-order chi connectivity index (χ1) is 18.5. The maximum absolute atomic E-state index is 9.65. The standard InChI is InChI=1S/C28H24N8O2/c1-35(17-29)24-8-4-5-9-25(24)38-21-10-11-32-27(14-21)34-28-15-22(13-26(31)33-28)37-16-20-12-19-6-2-3-7-23(19)36(20)18-30/h2-11,13-15,20H,12,16H2,1H3,(H3,31,32,33,34). The molecule has 5 rings (SSSR count). The highest BCUT2D eigenvalue weighted by Crippen LogP contribution is 2.33. The summed E-state index contributed by atoms with van der Waals surface area (Å²) in [7, 11) is 1.66. The molecule has 3 N–H and O–H groups in total. The zero-order chi connectivity index (χ0) is 26.5. The fourth-order valence-electron chi connectivity index (χ4n) is 4.27. The summed E-state index contributed by atoms with van der Waals surface area (Å²) in [6.45, 7) is 0.309. The molecule has 0 amide bonds. The van der Waals surface area contributed by atoms with Gasteiger partial charge in [-0.1, -0.05) is 30.3 Å². The Morgan fingerprint density at radius 3 is 2.68 bits per heavy atom. The van der Waals surface area contributed by atoms with E-state index in [9.17, 15) is 10.5 Å². The summed E-state index contributed by atoms with van der Waals surface area (Å²) in [6, 6.07) is 21.8. The molecule has 38 heavy (non-hydrogen) atoms. The number of aromatic nitrogens is 2. The third-order valence-electron chi connectivity index (χ3n) is 6.03. The van der Waals surface area contributed by atoms with Crippen LogP contribution < -0.4 is 30.3 Å². The predicted molar refractivity (Wildman–Crippen MR) is 144 cm³/mol. The lowest BCUT2D eigenvalue weighted by Gasteiger charge is -2.20. The second-order valence-corrected chi connectivity index (χ2v) is 8.61. The summed E-state index contributed by atoms with van der Waals surface area (Å²) < 4.78 is 12.1. The van der Waals surface area contributed by atoms with Crippen molar-refractivity contribution in [1.29, 1.82) is 10.5 Å². The highest BCUT2D eigenvalue weighted by molar-refractivity contribution is 5.64. The molecule has 4 aromatic rings. The van der Waals surface area contributed by atoms with E-state index in [0.29, 0.717) is 41.2 Å². The van der Waals surface area contributed by atoms with Crippen LogP contribution in [0, 0.1) is 22.9 Å². The number of nitrogens with two attached hydrogens (primary N) is 1. The van der Waals surface area contributed by atoms with Crippen LogP contribution in [0.15, 0.2) is 79.0 Å². The number of hydrogen-bond donors (Lipinski definition) is 2. The minimum absolute atomic E-state index is 0.110. The minimum atomic E-state index is -0.110. The Hall–Kier alpha value is -5.48. The average Bonchev–Trinajstić information content (AvgIpc) is 3.29. The Morgan fingerprint density at radius 1 is 1.05 bits per heavy atom.